The second kappa shape index (κ2) is 8.86. The molecule has 1 heterocycles. The van der Waals surface area contributed by atoms with Gasteiger partial charge in [-0.3, -0.25) is 9.59 Å². The summed E-state index contributed by atoms with van der Waals surface area (Å²) in [5.41, 5.74) is 1.51. The summed E-state index contributed by atoms with van der Waals surface area (Å²) in [6.07, 6.45) is 3.95. The highest BCUT2D eigenvalue weighted by Gasteiger charge is 2.26. The van der Waals surface area contributed by atoms with E-state index in [-0.39, 0.29) is 23.5 Å². The Morgan fingerprint density at radius 1 is 1.13 bits per heavy atom. The van der Waals surface area contributed by atoms with Gasteiger partial charge >= 0.3 is 0 Å². The van der Waals surface area contributed by atoms with Crippen molar-refractivity contribution in [2.45, 2.75) is 38.6 Å². The van der Waals surface area contributed by atoms with Crippen LogP contribution in [0.15, 0.2) is 42.5 Å². The van der Waals surface area contributed by atoms with E-state index in [9.17, 15) is 14.0 Å². The maximum absolute atomic E-state index is 13.8. The third-order valence-corrected chi connectivity index (χ3v) is 5.72. The first-order valence-electron chi connectivity index (χ1n) is 10.6. The lowest BCUT2D eigenvalue weighted by molar-refractivity contribution is 0.0632. The maximum atomic E-state index is 13.8. The SMILES string of the molecule is Cc1ccc(C(=O)N2CCC[C@H](COc3cccc(C(=O)NC4CC4)c3)C2)cc1F. The molecule has 0 aromatic heterocycles. The number of hydrogen-bond donors (Lipinski definition) is 1. The molecule has 1 saturated heterocycles. The number of nitrogens with zero attached hydrogens (tertiary/aromatic N) is 1. The number of benzene rings is 2. The van der Waals surface area contributed by atoms with Crippen molar-refractivity contribution in [3.05, 3.63) is 65.0 Å². The minimum absolute atomic E-state index is 0.0669. The lowest BCUT2D eigenvalue weighted by Crippen LogP contribution is -2.41. The van der Waals surface area contributed by atoms with E-state index in [1.807, 2.05) is 12.1 Å². The van der Waals surface area contributed by atoms with Crippen LogP contribution in [0.5, 0.6) is 5.75 Å². The van der Waals surface area contributed by atoms with E-state index in [2.05, 4.69) is 5.32 Å². The molecular weight excluding hydrogens is 383 g/mol. The Hall–Kier alpha value is -2.89. The minimum atomic E-state index is -0.358. The van der Waals surface area contributed by atoms with Crippen molar-refractivity contribution < 1.29 is 18.7 Å². The average molecular weight is 410 g/mol. The van der Waals surface area contributed by atoms with Gasteiger partial charge in [0.1, 0.15) is 11.6 Å². The summed E-state index contributed by atoms with van der Waals surface area (Å²) >= 11 is 0. The molecule has 0 spiro atoms. The number of ether oxygens (including phenoxy) is 1. The van der Waals surface area contributed by atoms with E-state index >= 15 is 0 Å². The van der Waals surface area contributed by atoms with Crippen molar-refractivity contribution in [1.29, 1.82) is 0 Å². The number of likely N-dealkylation sites (tertiary alicyclic amines) is 1. The summed E-state index contributed by atoms with van der Waals surface area (Å²) < 4.78 is 19.8. The van der Waals surface area contributed by atoms with Crippen molar-refractivity contribution in [2.75, 3.05) is 19.7 Å². The summed E-state index contributed by atoms with van der Waals surface area (Å²) in [5.74, 6) is 0.285. The third-order valence-electron chi connectivity index (χ3n) is 5.72. The first kappa shape index (κ1) is 20.4. The highest BCUT2D eigenvalue weighted by atomic mass is 19.1. The van der Waals surface area contributed by atoms with Crippen molar-refractivity contribution in [1.82, 2.24) is 10.2 Å². The molecule has 2 aromatic rings. The molecule has 30 heavy (non-hydrogen) atoms. The third kappa shape index (κ3) is 4.99. The molecular formula is C24H27FN2O3. The molecule has 0 radical (unpaired) electrons. The summed E-state index contributed by atoms with van der Waals surface area (Å²) in [6.45, 7) is 3.40. The summed E-state index contributed by atoms with van der Waals surface area (Å²) in [7, 11) is 0. The molecule has 2 amide bonds. The Balaban J connectivity index is 1.33. The number of halogens is 1. The van der Waals surface area contributed by atoms with Crippen LogP contribution in [0.3, 0.4) is 0 Å². The lowest BCUT2D eigenvalue weighted by atomic mass is 9.98. The van der Waals surface area contributed by atoms with E-state index in [4.69, 9.17) is 4.74 Å². The predicted octanol–water partition coefficient (Wildman–Crippen LogP) is 3.96. The minimum Gasteiger partial charge on any atom is -0.493 e. The van der Waals surface area contributed by atoms with Gasteiger partial charge in [0.25, 0.3) is 11.8 Å². The van der Waals surface area contributed by atoms with Crippen molar-refractivity contribution in [2.24, 2.45) is 5.92 Å². The van der Waals surface area contributed by atoms with Gasteiger partial charge < -0.3 is 15.0 Å². The first-order chi connectivity index (χ1) is 14.5. The molecule has 2 aromatic carbocycles. The fourth-order valence-corrected chi connectivity index (χ4v) is 3.73. The van der Waals surface area contributed by atoms with Crippen LogP contribution in [-0.4, -0.2) is 42.5 Å². The molecule has 2 aliphatic rings. The number of rotatable bonds is 6. The van der Waals surface area contributed by atoms with Gasteiger partial charge in [-0.05, 0) is 68.5 Å². The van der Waals surface area contributed by atoms with E-state index < -0.39 is 0 Å². The molecule has 1 saturated carbocycles. The smallest absolute Gasteiger partial charge is 0.253 e. The van der Waals surface area contributed by atoms with Gasteiger partial charge in [0.05, 0.1) is 6.61 Å². The van der Waals surface area contributed by atoms with Gasteiger partial charge in [-0.2, -0.15) is 0 Å². The standard InChI is InChI=1S/C24H27FN2O3/c1-16-7-8-19(13-22(16)25)24(29)27-11-3-4-17(14-27)15-30-21-6-2-5-18(12-21)23(28)26-20-9-10-20/h2,5-8,12-13,17,20H,3-4,9-11,14-15H2,1H3,(H,26,28)/t17-/m0/s1. The highest BCUT2D eigenvalue weighted by molar-refractivity contribution is 5.95. The Morgan fingerprint density at radius 2 is 1.97 bits per heavy atom. The second-order valence-electron chi connectivity index (χ2n) is 8.31. The molecule has 5 nitrogen and oxygen atoms in total. The van der Waals surface area contributed by atoms with Gasteiger partial charge in [-0.1, -0.05) is 12.1 Å². The first-order valence-corrected chi connectivity index (χ1v) is 10.6. The van der Waals surface area contributed by atoms with Gasteiger partial charge in [0, 0.05) is 36.2 Å². The quantitative estimate of drug-likeness (QED) is 0.784. The topological polar surface area (TPSA) is 58.6 Å². The number of amides is 2. The van der Waals surface area contributed by atoms with Crippen molar-refractivity contribution in [3.8, 4) is 5.75 Å². The lowest BCUT2D eigenvalue weighted by Gasteiger charge is -2.32. The molecule has 2 fully saturated rings. The zero-order valence-electron chi connectivity index (χ0n) is 17.2. The van der Waals surface area contributed by atoms with E-state index in [1.54, 1.807) is 36.1 Å². The molecule has 0 bridgehead atoms. The molecule has 6 heteroatoms. The number of piperidine rings is 1. The molecule has 1 N–H and O–H groups in total. The monoisotopic (exact) mass is 410 g/mol. The fraction of sp³-hybridized carbons (Fsp3) is 0.417. The zero-order chi connectivity index (χ0) is 21.1. The molecule has 1 atom stereocenters. The number of carbonyl (C=O) groups excluding carboxylic acids is 2. The van der Waals surface area contributed by atoms with Crippen LogP contribution < -0.4 is 10.1 Å². The van der Waals surface area contributed by atoms with Gasteiger partial charge in [0.2, 0.25) is 0 Å². The number of aryl methyl sites for hydroxylation is 1. The van der Waals surface area contributed by atoms with Crippen LogP contribution >= 0.6 is 0 Å². The van der Waals surface area contributed by atoms with Crippen LogP contribution in [0, 0.1) is 18.7 Å². The number of carbonyl (C=O) groups is 2. The highest BCUT2D eigenvalue weighted by Crippen LogP contribution is 2.23. The summed E-state index contributed by atoms with van der Waals surface area (Å²) in [5, 5.41) is 2.98. The van der Waals surface area contributed by atoms with Crippen LogP contribution in [0.1, 0.15) is 52.0 Å². The maximum Gasteiger partial charge on any atom is 0.253 e. The largest absolute Gasteiger partial charge is 0.493 e. The predicted molar refractivity (Wildman–Crippen MR) is 112 cm³/mol. The molecule has 158 valence electrons. The molecule has 4 rings (SSSR count). The van der Waals surface area contributed by atoms with Crippen LogP contribution in [0.4, 0.5) is 4.39 Å². The van der Waals surface area contributed by atoms with Crippen LogP contribution in [0.25, 0.3) is 0 Å². The van der Waals surface area contributed by atoms with Crippen molar-refractivity contribution >= 4 is 11.8 Å². The van der Waals surface area contributed by atoms with Gasteiger partial charge in [-0.15, -0.1) is 0 Å². The van der Waals surface area contributed by atoms with Gasteiger partial charge in [-0.25, -0.2) is 4.39 Å². The average Bonchev–Trinajstić information content (AvgIpc) is 3.58. The number of hydrogen-bond acceptors (Lipinski definition) is 3. The Bertz CT molecular complexity index is 942. The van der Waals surface area contributed by atoms with Crippen molar-refractivity contribution in [3.63, 3.8) is 0 Å². The zero-order valence-corrected chi connectivity index (χ0v) is 17.2. The fourth-order valence-electron chi connectivity index (χ4n) is 3.73. The van der Waals surface area contributed by atoms with E-state index in [0.717, 1.165) is 25.7 Å². The van der Waals surface area contributed by atoms with Crippen LogP contribution in [-0.2, 0) is 0 Å². The summed E-state index contributed by atoms with van der Waals surface area (Å²) in [6, 6.07) is 12.2. The molecule has 0 unspecified atom stereocenters. The van der Waals surface area contributed by atoms with E-state index in [0.29, 0.717) is 48.2 Å². The molecule has 1 aliphatic carbocycles. The van der Waals surface area contributed by atoms with Crippen LogP contribution in [0.2, 0.25) is 0 Å². The number of nitrogens with one attached hydrogen (secondary N) is 1. The Labute approximate surface area is 176 Å². The molecule has 1 aliphatic heterocycles. The normalized spacial score (nSPS) is 18.7. The van der Waals surface area contributed by atoms with Gasteiger partial charge in [0.15, 0.2) is 0 Å². The van der Waals surface area contributed by atoms with E-state index in [1.165, 1.54) is 6.07 Å². The Kier molecular flexibility index (Phi) is 6.02. The Morgan fingerprint density at radius 3 is 2.73 bits per heavy atom. The summed E-state index contributed by atoms with van der Waals surface area (Å²) in [4.78, 5) is 26.8. The second-order valence-corrected chi connectivity index (χ2v) is 8.31.